The molecule has 32 heavy (non-hydrogen) atoms. The molecule has 8 nitrogen and oxygen atoms in total. The van der Waals surface area contributed by atoms with Gasteiger partial charge < -0.3 is 15.4 Å². The number of halogens is 2. The Hall–Kier alpha value is -3.04. The lowest BCUT2D eigenvalue weighted by Gasteiger charge is -2.23. The molecular weight excluding hydrogens is 435 g/mol. The first-order valence-corrected chi connectivity index (χ1v) is 10.8. The molecule has 3 rings (SSSR count). The highest BCUT2D eigenvalue weighted by Crippen LogP contribution is 2.17. The first-order valence-electron chi connectivity index (χ1n) is 10.4. The lowest BCUT2D eigenvalue weighted by molar-refractivity contribution is 0.0824. The average Bonchev–Trinajstić information content (AvgIpc) is 3.29. The minimum Gasteiger partial charge on any atom is -0.381 e. The van der Waals surface area contributed by atoms with E-state index in [1.165, 1.54) is 18.6 Å². The van der Waals surface area contributed by atoms with Crippen molar-refractivity contribution in [1.29, 1.82) is 0 Å². The van der Waals surface area contributed by atoms with Crippen LogP contribution in [0.2, 0.25) is 5.02 Å². The summed E-state index contributed by atoms with van der Waals surface area (Å²) in [4.78, 5) is 25.5. The number of rotatable bonds is 6. The summed E-state index contributed by atoms with van der Waals surface area (Å²) in [5, 5.41) is 5.99. The molecule has 2 aromatic rings. The van der Waals surface area contributed by atoms with E-state index in [2.05, 4.69) is 32.2 Å². The molecule has 0 radical (unpaired) electrons. The Balaban J connectivity index is 1.69. The fourth-order valence-corrected chi connectivity index (χ4v) is 3.38. The van der Waals surface area contributed by atoms with Crippen LogP contribution in [-0.4, -0.2) is 46.5 Å². The van der Waals surface area contributed by atoms with Crippen LogP contribution in [-0.2, 0) is 11.3 Å². The van der Waals surface area contributed by atoms with Crippen LogP contribution < -0.4 is 10.6 Å². The van der Waals surface area contributed by atoms with E-state index >= 15 is 0 Å². The molecule has 2 N–H and O–H groups in total. The van der Waals surface area contributed by atoms with Gasteiger partial charge in [0.15, 0.2) is 0 Å². The van der Waals surface area contributed by atoms with E-state index in [9.17, 15) is 9.18 Å². The predicted octanol–water partition coefficient (Wildman–Crippen LogP) is 3.53. The van der Waals surface area contributed by atoms with Crippen molar-refractivity contribution in [1.82, 2.24) is 20.2 Å². The number of hydrogen-bond donors (Lipinski definition) is 2. The standard InChI is InChI=1S/C22H26ClFN6O2/c1-3-19(29-22(25-4-2)28-16-8-10-32-11-9-16)30-13-18(27-14-30)21(31)26-12-15-6-5-7-17(23)20(15)24/h4-7,13-14,16H,2-3,8-12H2,1H3,(H,25,28)(H,26,31)/b29-19+. The number of aromatic nitrogens is 2. The third kappa shape index (κ3) is 6.24. The molecule has 0 bridgehead atoms. The van der Waals surface area contributed by atoms with Gasteiger partial charge in [0.05, 0.1) is 5.02 Å². The van der Waals surface area contributed by atoms with Crippen molar-refractivity contribution >= 4 is 29.3 Å². The second kappa shape index (κ2) is 11.5. The number of amides is 1. The fourth-order valence-electron chi connectivity index (χ4n) is 3.18. The Kier molecular flexibility index (Phi) is 8.52. The number of carbonyl (C=O) groups excluding carboxylic acids is 1. The van der Waals surface area contributed by atoms with Gasteiger partial charge in [-0.1, -0.05) is 37.2 Å². The molecule has 1 aromatic carbocycles. The van der Waals surface area contributed by atoms with E-state index in [1.54, 1.807) is 22.9 Å². The Labute approximate surface area is 191 Å². The van der Waals surface area contributed by atoms with E-state index in [1.807, 2.05) is 6.92 Å². The van der Waals surface area contributed by atoms with E-state index in [0.717, 1.165) is 12.8 Å². The summed E-state index contributed by atoms with van der Waals surface area (Å²) in [5.41, 5.74) is 0.485. The number of carbonyl (C=O) groups is 1. The van der Waals surface area contributed by atoms with Crippen LogP contribution >= 0.6 is 11.6 Å². The second-order valence-electron chi connectivity index (χ2n) is 7.11. The lowest BCUT2D eigenvalue weighted by atomic mass is 10.1. The molecule has 0 unspecified atom stereocenters. The molecule has 1 aromatic heterocycles. The Bertz CT molecular complexity index is 1010. The Morgan fingerprint density at radius 1 is 1.44 bits per heavy atom. The van der Waals surface area contributed by atoms with Gasteiger partial charge in [-0.05, 0) is 18.9 Å². The molecule has 1 saturated heterocycles. The molecular formula is C22H26ClFN6O2. The van der Waals surface area contributed by atoms with Crippen LogP contribution in [0, 0.1) is 5.82 Å². The minimum absolute atomic E-state index is 0.00201. The first kappa shape index (κ1) is 23.6. The highest BCUT2D eigenvalue weighted by Gasteiger charge is 2.16. The quantitative estimate of drug-likeness (QED) is 0.509. The Morgan fingerprint density at radius 2 is 2.22 bits per heavy atom. The van der Waals surface area contributed by atoms with Gasteiger partial charge in [0.2, 0.25) is 5.96 Å². The highest BCUT2D eigenvalue weighted by molar-refractivity contribution is 6.30. The number of aliphatic imine (C=N–C) groups is 2. The minimum atomic E-state index is -0.550. The summed E-state index contributed by atoms with van der Waals surface area (Å²) < 4.78 is 21.1. The van der Waals surface area contributed by atoms with Crippen LogP contribution in [0.15, 0.2) is 53.5 Å². The third-order valence-corrected chi connectivity index (χ3v) is 5.20. The van der Waals surface area contributed by atoms with E-state index in [-0.39, 0.29) is 23.3 Å². The first-order chi connectivity index (χ1) is 15.5. The number of hydrogen-bond acceptors (Lipinski definition) is 4. The zero-order valence-electron chi connectivity index (χ0n) is 17.9. The van der Waals surface area contributed by atoms with Crippen molar-refractivity contribution in [3.05, 3.63) is 65.6 Å². The van der Waals surface area contributed by atoms with Crippen molar-refractivity contribution in [3.63, 3.8) is 0 Å². The van der Waals surface area contributed by atoms with Crippen LogP contribution in [0.3, 0.4) is 0 Å². The summed E-state index contributed by atoms with van der Waals surface area (Å²) in [6.07, 6.45) is 6.84. The smallest absolute Gasteiger partial charge is 0.271 e. The van der Waals surface area contributed by atoms with Crippen LogP contribution in [0.4, 0.5) is 4.39 Å². The molecule has 10 heteroatoms. The van der Waals surface area contributed by atoms with E-state index in [0.29, 0.717) is 37.0 Å². The van der Waals surface area contributed by atoms with E-state index < -0.39 is 11.7 Å². The lowest BCUT2D eigenvalue weighted by Crippen LogP contribution is -2.38. The number of guanidine groups is 1. The maximum absolute atomic E-state index is 14.0. The number of benzene rings is 1. The molecule has 0 aliphatic carbocycles. The molecule has 1 fully saturated rings. The van der Waals surface area contributed by atoms with Crippen molar-refractivity contribution in [2.75, 3.05) is 13.2 Å². The predicted molar refractivity (Wildman–Crippen MR) is 123 cm³/mol. The second-order valence-corrected chi connectivity index (χ2v) is 7.52. The summed E-state index contributed by atoms with van der Waals surface area (Å²) in [6.45, 7) is 6.99. The fraction of sp³-hybridized carbons (Fsp3) is 0.364. The number of nitrogens with one attached hydrogen (secondary N) is 2. The van der Waals surface area contributed by atoms with Crippen LogP contribution in [0.25, 0.3) is 0 Å². The van der Waals surface area contributed by atoms with Crippen molar-refractivity contribution in [2.24, 2.45) is 9.98 Å². The summed E-state index contributed by atoms with van der Waals surface area (Å²) in [6, 6.07) is 4.87. The highest BCUT2D eigenvalue weighted by atomic mass is 35.5. The normalized spacial score (nSPS) is 15.5. The summed E-state index contributed by atoms with van der Waals surface area (Å²) in [7, 11) is 0. The van der Waals surface area contributed by atoms with Gasteiger partial charge in [0.25, 0.3) is 5.91 Å². The van der Waals surface area contributed by atoms with E-state index in [4.69, 9.17) is 16.3 Å². The van der Waals surface area contributed by atoms with Crippen LogP contribution in [0.5, 0.6) is 0 Å². The molecule has 0 atom stereocenters. The topological polar surface area (TPSA) is 92.9 Å². The van der Waals surface area contributed by atoms with Gasteiger partial charge >= 0.3 is 0 Å². The molecule has 1 aliphatic heterocycles. The molecule has 0 saturated carbocycles. The zero-order valence-corrected chi connectivity index (χ0v) is 18.6. The summed E-state index contributed by atoms with van der Waals surface area (Å²) in [5.74, 6) is 0.114. The van der Waals surface area contributed by atoms with Crippen molar-refractivity contribution < 1.29 is 13.9 Å². The Morgan fingerprint density at radius 3 is 2.94 bits per heavy atom. The molecule has 0 spiro atoms. The van der Waals surface area contributed by atoms with Crippen molar-refractivity contribution in [3.8, 4) is 0 Å². The zero-order chi connectivity index (χ0) is 22.9. The third-order valence-electron chi connectivity index (χ3n) is 4.90. The van der Waals surface area contributed by atoms with Gasteiger partial charge in [-0.25, -0.2) is 14.4 Å². The molecule has 2 heterocycles. The molecule has 1 amide bonds. The van der Waals surface area contributed by atoms with Gasteiger partial charge in [0.1, 0.15) is 23.7 Å². The molecule has 1 aliphatic rings. The van der Waals surface area contributed by atoms with Gasteiger partial charge in [-0.2, -0.15) is 4.99 Å². The number of imidazole rings is 1. The average molecular weight is 461 g/mol. The van der Waals surface area contributed by atoms with Gasteiger partial charge in [0, 0.05) is 50.2 Å². The maximum atomic E-state index is 14.0. The van der Waals surface area contributed by atoms with Crippen molar-refractivity contribution in [2.45, 2.75) is 38.8 Å². The largest absolute Gasteiger partial charge is 0.381 e. The van der Waals surface area contributed by atoms with Crippen LogP contribution in [0.1, 0.15) is 42.2 Å². The molecule has 170 valence electrons. The number of nitrogens with zero attached hydrogens (tertiary/aromatic N) is 4. The summed E-state index contributed by atoms with van der Waals surface area (Å²) >= 11 is 5.78. The number of ether oxygens (including phenoxy) is 1. The monoisotopic (exact) mass is 460 g/mol. The maximum Gasteiger partial charge on any atom is 0.271 e. The van der Waals surface area contributed by atoms with Gasteiger partial charge in [-0.15, -0.1) is 0 Å². The van der Waals surface area contributed by atoms with Gasteiger partial charge in [-0.3, -0.25) is 9.36 Å². The SMILES string of the molecule is C=C/N=C(\N=C(/CC)n1cnc(C(=O)NCc2cccc(Cl)c2F)c1)NC1CCOCC1.